The van der Waals surface area contributed by atoms with Crippen LogP contribution in [0.15, 0.2) is 114 Å². The van der Waals surface area contributed by atoms with Gasteiger partial charge >= 0.3 is 0 Å². The number of anilines is 1. The van der Waals surface area contributed by atoms with Crippen molar-refractivity contribution in [3.05, 3.63) is 136 Å². The zero-order chi connectivity index (χ0) is 33.3. The molecule has 2 unspecified atom stereocenters. The number of amides is 2. The van der Waals surface area contributed by atoms with Crippen LogP contribution < -0.4 is 9.62 Å². The monoisotopic (exact) mass is 646 g/mol. The number of halogens is 1. The lowest BCUT2D eigenvalue weighted by Crippen LogP contribution is -2.54. The van der Waals surface area contributed by atoms with Gasteiger partial charge in [-0.15, -0.1) is 0 Å². The summed E-state index contributed by atoms with van der Waals surface area (Å²) < 4.78 is 42.7. The smallest absolute Gasteiger partial charge is 0.269 e. The molecule has 1 N–H and O–H groups in total. The van der Waals surface area contributed by atoms with E-state index in [9.17, 15) is 32.5 Å². The molecule has 240 valence electrons. The highest BCUT2D eigenvalue weighted by Crippen LogP contribution is 2.27. The van der Waals surface area contributed by atoms with Gasteiger partial charge in [0.15, 0.2) is 0 Å². The molecule has 10 nitrogen and oxygen atoms in total. The molecule has 12 heteroatoms. The number of hydrogen-bond donors (Lipinski definition) is 1. The van der Waals surface area contributed by atoms with Crippen molar-refractivity contribution in [3.63, 3.8) is 0 Å². The number of carbonyl (C=O) groups excluding carboxylic acids is 2. The number of nitro groups is 1. The quantitative estimate of drug-likeness (QED) is 0.143. The Labute approximate surface area is 267 Å². The van der Waals surface area contributed by atoms with Gasteiger partial charge in [0, 0.05) is 31.1 Å². The summed E-state index contributed by atoms with van der Waals surface area (Å²) in [5.74, 6) is -1.61. The fourth-order valence-corrected chi connectivity index (χ4v) is 6.21. The van der Waals surface area contributed by atoms with Gasteiger partial charge in [0.1, 0.15) is 18.4 Å². The number of non-ortho nitro benzene ring substituents is 1. The highest BCUT2D eigenvalue weighted by molar-refractivity contribution is 7.92. The number of hydrogen-bond acceptors (Lipinski definition) is 6. The van der Waals surface area contributed by atoms with Gasteiger partial charge in [-0.05, 0) is 60.9 Å². The Bertz CT molecular complexity index is 1740. The van der Waals surface area contributed by atoms with Crippen molar-refractivity contribution in [3.8, 4) is 0 Å². The van der Waals surface area contributed by atoms with E-state index in [-0.39, 0.29) is 35.3 Å². The van der Waals surface area contributed by atoms with Crippen molar-refractivity contribution in [1.29, 1.82) is 0 Å². The normalized spacial score (nSPS) is 12.5. The molecule has 4 aromatic rings. The van der Waals surface area contributed by atoms with Crippen molar-refractivity contribution in [2.24, 2.45) is 0 Å². The van der Waals surface area contributed by atoms with Crippen LogP contribution in [-0.2, 0) is 32.6 Å². The Kier molecular flexibility index (Phi) is 11.2. The number of benzene rings is 4. The molecule has 0 saturated heterocycles. The van der Waals surface area contributed by atoms with E-state index in [4.69, 9.17) is 0 Å². The SMILES string of the molecule is CCC(C)NC(=O)C(Cc1ccccc1)N(Cc1ccc(F)cc1)C(=O)CN(c1ccc([N+](=O)[O-])cc1)S(=O)(=O)c1ccccc1. The Balaban J connectivity index is 1.81. The van der Waals surface area contributed by atoms with E-state index < -0.39 is 45.2 Å². The Hall–Kier alpha value is -5.10. The summed E-state index contributed by atoms with van der Waals surface area (Å²) in [6, 6.07) is 25.6. The van der Waals surface area contributed by atoms with Gasteiger partial charge in [-0.1, -0.05) is 67.6 Å². The number of nitro benzene ring substituents is 1. The largest absolute Gasteiger partial charge is 0.352 e. The molecule has 0 radical (unpaired) electrons. The number of rotatable bonds is 14. The molecular weight excluding hydrogens is 611 g/mol. The van der Waals surface area contributed by atoms with Crippen molar-refractivity contribution in [2.45, 2.75) is 50.2 Å². The maximum Gasteiger partial charge on any atom is 0.269 e. The van der Waals surface area contributed by atoms with E-state index in [0.717, 1.165) is 22.0 Å². The van der Waals surface area contributed by atoms with Crippen LogP contribution >= 0.6 is 0 Å². The minimum atomic E-state index is -4.36. The highest BCUT2D eigenvalue weighted by Gasteiger charge is 2.35. The summed E-state index contributed by atoms with van der Waals surface area (Å²) in [7, 11) is -4.36. The summed E-state index contributed by atoms with van der Waals surface area (Å²) in [6.45, 7) is 2.91. The lowest BCUT2D eigenvalue weighted by atomic mass is 10.0. The molecular formula is C34H35FN4O6S. The van der Waals surface area contributed by atoms with Gasteiger partial charge in [-0.25, -0.2) is 12.8 Å². The molecule has 2 atom stereocenters. The summed E-state index contributed by atoms with van der Waals surface area (Å²) >= 11 is 0. The number of sulfonamides is 1. The molecule has 0 saturated carbocycles. The van der Waals surface area contributed by atoms with Gasteiger partial charge in [-0.2, -0.15) is 0 Å². The zero-order valence-electron chi connectivity index (χ0n) is 25.5. The molecule has 2 amide bonds. The Morgan fingerprint density at radius 2 is 1.46 bits per heavy atom. The summed E-state index contributed by atoms with van der Waals surface area (Å²) in [5.41, 5.74) is 1.06. The van der Waals surface area contributed by atoms with E-state index >= 15 is 0 Å². The highest BCUT2D eigenvalue weighted by atomic mass is 32.2. The maximum absolute atomic E-state index is 14.4. The van der Waals surface area contributed by atoms with Crippen LogP contribution in [0.25, 0.3) is 0 Å². The molecule has 0 aromatic heterocycles. The van der Waals surface area contributed by atoms with E-state index in [2.05, 4.69) is 5.32 Å². The predicted molar refractivity (Wildman–Crippen MR) is 173 cm³/mol. The first-order valence-corrected chi connectivity index (χ1v) is 16.1. The van der Waals surface area contributed by atoms with Crippen LogP contribution in [0, 0.1) is 15.9 Å². The first-order valence-electron chi connectivity index (χ1n) is 14.7. The lowest BCUT2D eigenvalue weighted by molar-refractivity contribution is -0.384. The summed E-state index contributed by atoms with van der Waals surface area (Å²) in [6.07, 6.45) is 0.762. The Morgan fingerprint density at radius 1 is 0.870 bits per heavy atom. The molecule has 4 rings (SSSR count). The number of nitrogens with zero attached hydrogens (tertiary/aromatic N) is 3. The fourth-order valence-electron chi connectivity index (χ4n) is 4.77. The first kappa shape index (κ1) is 33.8. The third kappa shape index (κ3) is 8.54. The standard InChI is InChI=1S/C34H35FN4O6S/c1-3-25(2)36-34(41)32(22-26-10-6-4-7-11-26)37(23-27-14-16-28(35)17-15-27)33(40)24-38(29-18-20-30(21-19-29)39(42)43)46(44,45)31-12-8-5-9-13-31/h4-21,25,32H,3,22-24H2,1-2H3,(H,36,41). The second kappa shape index (κ2) is 15.3. The van der Waals surface area contributed by atoms with Crippen molar-refractivity contribution < 1.29 is 27.3 Å². The third-order valence-electron chi connectivity index (χ3n) is 7.50. The van der Waals surface area contributed by atoms with E-state index in [0.29, 0.717) is 12.0 Å². The summed E-state index contributed by atoms with van der Waals surface area (Å²) in [4.78, 5) is 40.1. The minimum absolute atomic E-state index is 0.0215. The van der Waals surface area contributed by atoms with E-state index in [1.807, 2.05) is 44.2 Å². The van der Waals surface area contributed by atoms with Gasteiger partial charge in [0.05, 0.1) is 15.5 Å². The van der Waals surface area contributed by atoms with Crippen molar-refractivity contribution >= 4 is 33.2 Å². The lowest BCUT2D eigenvalue weighted by Gasteiger charge is -2.34. The van der Waals surface area contributed by atoms with Gasteiger partial charge < -0.3 is 10.2 Å². The molecule has 0 aliphatic rings. The Morgan fingerprint density at radius 3 is 2.02 bits per heavy atom. The minimum Gasteiger partial charge on any atom is -0.352 e. The zero-order valence-corrected chi connectivity index (χ0v) is 26.3. The van der Waals surface area contributed by atoms with Gasteiger partial charge in [0.25, 0.3) is 15.7 Å². The third-order valence-corrected chi connectivity index (χ3v) is 9.28. The van der Waals surface area contributed by atoms with Crippen LogP contribution in [0.5, 0.6) is 0 Å². The van der Waals surface area contributed by atoms with Crippen LogP contribution in [0.2, 0.25) is 0 Å². The number of nitrogens with one attached hydrogen (secondary N) is 1. The second-order valence-electron chi connectivity index (χ2n) is 10.8. The molecule has 0 bridgehead atoms. The van der Waals surface area contributed by atoms with Gasteiger partial charge in [0.2, 0.25) is 11.8 Å². The molecule has 0 aliphatic carbocycles. The average molecular weight is 647 g/mol. The molecule has 0 aliphatic heterocycles. The molecule has 4 aromatic carbocycles. The molecule has 0 heterocycles. The molecule has 46 heavy (non-hydrogen) atoms. The van der Waals surface area contributed by atoms with Gasteiger partial charge in [-0.3, -0.25) is 24.0 Å². The van der Waals surface area contributed by atoms with Crippen LogP contribution in [0.4, 0.5) is 15.8 Å². The number of carbonyl (C=O) groups is 2. The molecule has 0 spiro atoms. The first-order chi connectivity index (χ1) is 22.0. The average Bonchev–Trinajstić information content (AvgIpc) is 3.06. The van der Waals surface area contributed by atoms with Crippen molar-refractivity contribution in [2.75, 3.05) is 10.8 Å². The summed E-state index contributed by atoms with van der Waals surface area (Å²) in [5, 5.41) is 14.3. The topological polar surface area (TPSA) is 130 Å². The van der Waals surface area contributed by atoms with Crippen LogP contribution in [0.1, 0.15) is 31.4 Å². The van der Waals surface area contributed by atoms with E-state index in [1.165, 1.54) is 53.4 Å². The van der Waals surface area contributed by atoms with Crippen LogP contribution in [0.3, 0.4) is 0 Å². The molecule has 0 fully saturated rings. The van der Waals surface area contributed by atoms with Crippen molar-refractivity contribution in [1.82, 2.24) is 10.2 Å². The fraction of sp³-hybridized carbons (Fsp3) is 0.235. The van der Waals surface area contributed by atoms with Crippen LogP contribution in [-0.4, -0.2) is 48.7 Å². The second-order valence-corrected chi connectivity index (χ2v) is 12.6. The maximum atomic E-state index is 14.4. The van der Waals surface area contributed by atoms with E-state index in [1.54, 1.807) is 18.2 Å². The predicted octanol–water partition coefficient (Wildman–Crippen LogP) is 5.48.